The number of aromatic nitrogens is 1. The quantitative estimate of drug-likeness (QED) is 0.504. The molecule has 184 valence electrons. The Labute approximate surface area is 207 Å². The van der Waals surface area contributed by atoms with Crippen LogP contribution in [0.1, 0.15) is 30.7 Å². The van der Waals surface area contributed by atoms with Gasteiger partial charge in [0.15, 0.2) is 11.5 Å². The lowest BCUT2D eigenvalue weighted by atomic mass is 9.92. The molecule has 2 heterocycles. The Bertz CT molecular complexity index is 1410. The molecule has 8 nitrogen and oxygen atoms in total. The number of anilines is 1. The summed E-state index contributed by atoms with van der Waals surface area (Å²) >= 11 is 0. The van der Waals surface area contributed by atoms with Gasteiger partial charge in [-0.2, -0.15) is 5.26 Å². The number of nitrogen functional groups attached to an aromatic ring is 1. The van der Waals surface area contributed by atoms with Gasteiger partial charge < -0.3 is 29.2 Å². The van der Waals surface area contributed by atoms with E-state index >= 15 is 0 Å². The summed E-state index contributed by atoms with van der Waals surface area (Å²) in [5.74, 6) is 2.08. The summed E-state index contributed by atoms with van der Waals surface area (Å²) in [5, 5.41) is 11.8. The molecule has 35 heavy (non-hydrogen) atoms. The molecule has 1 atom stereocenters. The highest BCUT2D eigenvalue weighted by molar-refractivity contribution is 8.28. The van der Waals surface area contributed by atoms with Crippen LogP contribution in [0.5, 0.6) is 17.2 Å². The fourth-order valence-electron chi connectivity index (χ4n) is 4.75. The highest BCUT2D eigenvalue weighted by atomic mass is 32.2. The number of nitriles is 1. The first-order chi connectivity index (χ1) is 16.9. The fourth-order valence-corrected chi connectivity index (χ4v) is 6.54. The second kappa shape index (κ2) is 9.64. The number of ether oxygens (including phenoxy) is 4. The minimum atomic E-state index is -0.675. The molecule has 0 saturated heterocycles. The summed E-state index contributed by atoms with van der Waals surface area (Å²) in [6.07, 6.45) is 0. The Balaban J connectivity index is 2.11. The number of carbonyl (C=O) groups is 1. The Morgan fingerprint density at radius 3 is 2.29 bits per heavy atom. The first-order valence-electron chi connectivity index (χ1n) is 11.3. The van der Waals surface area contributed by atoms with Gasteiger partial charge in [0.1, 0.15) is 16.8 Å². The van der Waals surface area contributed by atoms with E-state index < -0.39 is 10.5 Å². The van der Waals surface area contributed by atoms with Gasteiger partial charge in [-0.1, -0.05) is 17.4 Å². The Morgan fingerprint density at radius 2 is 1.77 bits per heavy atom. The molecule has 0 bridgehead atoms. The van der Waals surface area contributed by atoms with E-state index in [-0.39, 0.29) is 11.7 Å². The van der Waals surface area contributed by atoms with Crippen LogP contribution in [-0.2, 0) is 16.1 Å². The SMILES string of the molecule is CCOC1=S(CC)C(=O)Cn2c1c(N)c1cc(C)c(-c3cc(OC)c(OC)c(OC)c3)c(C#N)c12. The van der Waals surface area contributed by atoms with Gasteiger partial charge in [-0.25, -0.2) is 0 Å². The molecule has 0 spiro atoms. The van der Waals surface area contributed by atoms with E-state index in [0.29, 0.717) is 62.7 Å². The van der Waals surface area contributed by atoms with Gasteiger partial charge in [-0.3, -0.25) is 4.79 Å². The third kappa shape index (κ3) is 3.74. The minimum absolute atomic E-state index is 0.0687. The molecule has 1 aliphatic rings. The molecule has 0 amide bonds. The first-order valence-corrected chi connectivity index (χ1v) is 12.7. The summed E-state index contributed by atoms with van der Waals surface area (Å²) in [6.45, 7) is 6.36. The van der Waals surface area contributed by atoms with Gasteiger partial charge in [0, 0.05) is 10.9 Å². The smallest absolute Gasteiger partial charge is 0.205 e. The lowest BCUT2D eigenvalue weighted by Gasteiger charge is -2.23. The number of hydrogen-bond acceptors (Lipinski definition) is 7. The maximum atomic E-state index is 13.1. The molecule has 0 radical (unpaired) electrons. The van der Waals surface area contributed by atoms with Crippen molar-refractivity contribution in [2.24, 2.45) is 0 Å². The molecule has 3 aromatic rings. The molecule has 1 unspecified atom stereocenters. The summed E-state index contributed by atoms with van der Waals surface area (Å²) in [5.41, 5.74) is 11.2. The van der Waals surface area contributed by atoms with Crippen molar-refractivity contribution in [1.82, 2.24) is 4.57 Å². The molecule has 0 saturated carbocycles. The van der Waals surface area contributed by atoms with E-state index in [1.807, 2.05) is 43.5 Å². The monoisotopic (exact) mass is 495 g/mol. The highest BCUT2D eigenvalue weighted by Crippen LogP contribution is 2.46. The molecule has 1 aromatic heterocycles. The molecule has 0 fully saturated rings. The van der Waals surface area contributed by atoms with Gasteiger partial charge in [0.25, 0.3) is 0 Å². The van der Waals surface area contributed by atoms with Crippen molar-refractivity contribution in [3.63, 3.8) is 0 Å². The fraction of sp³-hybridized carbons (Fsp3) is 0.346. The summed E-state index contributed by atoms with van der Waals surface area (Å²) in [6, 6.07) is 7.98. The molecule has 9 heteroatoms. The number of nitrogens with two attached hydrogens (primary N) is 1. The van der Waals surface area contributed by atoms with Crippen LogP contribution in [0.15, 0.2) is 18.2 Å². The normalized spacial score (nSPS) is 15.2. The second-order valence-electron chi connectivity index (χ2n) is 7.99. The van der Waals surface area contributed by atoms with E-state index in [4.69, 9.17) is 24.7 Å². The maximum absolute atomic E-state index is 13.1. The first kappa shape index (κ1) is 24.6. The largest absolute Gasteiger partial charge is 0.493 e. The summed E-state index contributed by atoms with van der Waals surface area (Å²) in [7, 11) is 3.97. The third-order valence-electron chi connectivity index (χ3n) is 6.19. The number of aryl methyl sites for hydroxylation is 1. The lowest BCUT2D eigenvalue weighted by Crippen LogP contribution is -2.26. The Morgan fingerprint density at radius 1 is 1.11 bits per heavy atom. The number of benzene rings is 2. The zero-order valence-electron chi connectivity index (χ0n) is 20.8. The molecular weight excluding hydrogens is 466 g/mol. The second-order valence-corrected chi connectivity index (χ2v) is 10.2. The maximum Gasteiger partial charge on any atom is 0.205 e. The minimum Gasteiger partial charge on any atom is -0.493 e. The molecule has 4 rings (SSSR count). The van der Waals surface area contributed by atoms with Crippen LogP contribution in [0.4, 0.5) is 5.69 Å². The van der Waals surface area contributed by atoms with Crippen molar-refractivity contribution in [2.45, 2.75) is 27.3 Å². The summed E-state index contributed by atoms with van der Waals surface area (Å²) < 4.78 is 24.4. The topological polar surface area (TPSA) is 109 Å². The number of nitrogens with zero attached hydrogens (tertiary/aromatic N) is 2. The van der Waals surface area contributed by atoms with Gasteiger partial charge >= 0.3 is 0 Å². The molecule has 2 aromatic carbocycles. The standard InChI is InChI=1S/C26H29N3O5S/c1-7-34-26-24-22(28)16-9-14(3)21(15-10-18(31-4)25(33-6)19(11-15)32-5)17(12-27)23(16)29(24)13-20(30)35(26)8-2/h9-11H,7-8,13,28H2,1-6H3. The van der Waals surface area contributed by atoms with E-state index in [1.54, 1.807) is 21.3 Å². The van der Waals surface area contributed by atoms with Crippen LogP contribution in [0.3, 0.4) is 0 Å². The highest BCUT2D eigenvalue weighted by Gasteiger charge is 2.32. The van der Waals surface area contributed by atoms with E-state index in [0.717, 1.165) is 16.5 Å². The van der Waals surface area contributed by atoms with Crippen LogP contribution in [-0.4, -0.2) is 48.4 Å². The predicted molar refractivity (Wildman–Crippen MR) is 140 cm³/mol. The number of rotatable bonds is 6. The van der Waals surface area contributed by atoms with Crippen molar-refractivity contribution in [3.05, 3.63) is 35.0 Å². The van der Waals surface area contributed by atoms with Crippen LogP contribution in [0.2, 0.25) is 0 Å². The number of carbonyl (C=O) groups excluding carboxylic acids is 1. The van der Waals surface area contributed by atoms with Crippen LogP contribution < -0.4 is 19.9 Å². The molecular formula is C26H29N3O5S. The Kier molecular flexibility index (Phi) is 6.79. The average Bonchev–Trinajstić information content (AvgIpc) is 3.13. The van der Waals surface area contributed by atoms with Crippen molar-refractivity contribution < 1.29 is 23.7 Å². The van der Waals surface area contributed by atoms with Crippen molar-refractivity contribution in [1.29, 1.82) is 5.26 Å². The molecule has 0 aliphatic carbocycles. The van der Waals surface area contributed by atoms with Crippen molar-refractivity contribution in [2.75, 3.05) is 39.4 Å². The van der Waals surface area contributed by atoms with Crippen LogP contribution in [0, 0.1) is 18.3 Å². The van der Waals surface area contributed by atoms with E-state index in [2.05, 4.69) is 6.07 Å². The van der Waals surface area contributed by atoms with Crippen molar-refractivity contribution >= 4 is 37.2 Å². The third-order valence-corrected chi connectivity index (χ3v) is 8.21. The number of hydrogen-bond donors (Lipinski definition) is 1. The molecule has 1 aliphatic heterocycles. The Hall–Kier alpha value is -3.48. The van der Waals surface area contributed by atoms with Gasteiger partial charge in [0.2, 0.25) is 10.9 Å². The van der Waals surface area contributed by atoms with E-state index in [9.17, 15) is 10.1 Å². The van der Waals surface area contributed by atoms with Gasteiger partial charge in [0.05, 0.1) is 51.2 Å². The number of fused-ring (bicyclic) bond motifs is 3. The summed E-state index contributed by atoms with van der Waals surface area (Å²) in [4.78, 5) is 13.1. The van der Waals surface area contributed by atoms with E-state index in [1.165, 1.54) is 0 Å². The number of methoxy groups -OCH3 is 3. The van der Waals surface area contributed by atoms with Crippen LogP contribution in [0.25, 0.3) is 22.0 Å². The zero-order valence-corrected chi connectivity index (χ0v) is 21.6. The van der Waals surface area contributed by atoms with Crippen molar-refractivity contribution in [3.8, 4) is 34.4 Å². The van der Waals surface area contributed by atoms with Crippen LogP contribution >= 0.6 is 10.5 Å². The zero-order chi connectivity index (χ0) is 25.4. The lowest BCUT2D eigenvalue weighted by molar-refractivity contribution is -0.111. The average molecular weight is 496 g/mol. The predicted octanol–water partition coefficient (Wildman–Crippen LogP) is 4.44. The molecule has 2 N–H and O–H groups in total. The van der Waals surface area contributed by atoms with Gasteiger partial charge in [-0.05, 0) is 48.9 Å². The van der Waals surface area contributed by atoms with Gasteiger partial charge in [-0.15, -0.1) is 0 Å².